The van der Waals surface area contributed by atoms with Gasteiger partial charge in [0.25, 0.3) is 11.8 Å². The van der Waals surface area contributed by atoms with Gasteiger partial charge < -0.3 is 15.7 Å². The molecule has 4 aromatic rings. The molecule has 0 bridgehead atoms. The fourth-order valence-corrected chi connectivity index (χ4v) is 4.80. The van der Waals surface area contributed by atoms with Crippen molar-refractivity contribution in [1.82, 2.24) is 11.1 Å². The number of benzene rings is 4. The van der Waals surface area contributed by atoms with Gasteiger partial charge in [0, 0.05) is 16.0 Å². The van der Waals surface area contributed by atoms with Gasteiger partial charge in [-0.25, -0.2) is 12.1 Å². The molecule has 2 amide bonds. The Kier molecular flexibility index (Phi) is 21.2. The van der Waals surface area contributed by atoms with Crippen LogP contribution in [0.25, 0.3) is 0 Å². The largest absolute Gasteiger partial charge is 1.00 e. The number of fused-ring (bicyclic) bond motifs is 1. The molecule has 10 heteroatoms. The number of alkyl halides is 3. The maximum absolute atomic E-state index is 12.2. The Hall–Kier alpha value is -1.60. The van der Waals surface area contributed by atoms with Gasteiger partial charge in [0.05, 0.1) is 17.7 Å². The second-order valence-electron chi connectivity index (χ2n) is 8.53. The van der Waals surface area contributed by atoms with Gasteiger partial charge in [-0.3, -0.25) is 25.6 Å². The maximum Gasteiger partial charge on any atom is 1.00 e. The number of rotatable bonds is 7. The summed E-state index contributed by atoms with van der Waals surface area (Å²) in [7, 11) is 0. The summed E-state index contributed by atoms with van der Waals surface area (Å²) in [5.74, 6) is -0.426. The van der Waals surface area contributed by atoms with E-state index in [1.807, 2.05) is 24.3 Å². The zero-order valence-electron chi connectivity index (χ0n) is 23.0. The van der Waals surface area contributed by atoms with E-state index in [2.05, 4.69) is 72.1 Å². The van der Waals surface area contributed by atoms with Gasteiger partial charge in [-0.15, -0.1) is 12.1 Å². The van der Waals surface area contributed by atoms with Crippen LogP contribution in [0.15, 0.2) is 97.1 Å². The van der Waals surface area contributed by atoms with E-state index in [4.69, 9.17) is 0 Å². The quantitative estimate of drug-likeness (QED) is 0.119. The minimum Gasteiger partial charge on any atom is -0.391 e. The van der Waals surface area contributed by atoms with Gasteiger partial charge in [0.1, 0.15) is 0 Å². The third kappa shape index (κ3) is 12.0. The second kappa shape index (κ2) is 22.0. The molecule has 0 unspecified atom stereocenters. The van der Waals surface area contributed by atoms with Crippen LogP contribution in [-0.2, 0) is 32.1 Å². The summed E-state index contributed by atoms with van der Waals surface area (Å²) in [5, 5.41) is 2.67. The van der Waals surface area contributed by atoms with Gasteiger partial charge in [0.2, 0.25) is 0 Å². The summed E-state index contributed by atoms with van der Waals surface area (Å²) in [6.45, 7) is 0.314. The van der Waals surface area contributed by atoms with Crippen LogP contribution < -0.4 is 57.5 Å². The first kappa shape index (κ1) is 41.4. The van der Waals surface area contributed by atoms with Crippen LogP contribution in [0, 0.1) is 0 Å². The summed E-state index contributed by atoms with van der Waals surface area (Å²) in [5.41, 5.74) is 6.27. The van der Waals surface area contributed by atoms with Crippen LogP contribution in [0.5, 0.6) is 0 Å². The molecule has 0 aromatic heterocycles. The summed E-state index contributed by atoms with van der Waals surface area (Å²) < 4.78 is 0. The molecular formula is C33H31Br3KN2O4-. The van der Waals surface area contributed by atoms with E-state index in [-0.39, 0.29) is 87.9 Å². The van der Waals surface area contributed by atoms with E-state index in [1.54, 1.807) is 49.0 Å². The topological polar surface area (TPSA) is 107 Å². The van der Waals surface area contributed by atoms with Crippen molar-refractivity contribution in [3.05, 3.63) is 142 Å². The van der Waals surface area contributed by atoms with Crippen molar-refractivity contribution < 1.29 is 70.6 Å². The van der Waals surface area contributed by atoms with Crippen molar-refractivity contribution in [2.24, 2.45) is 0 Å². The Morgan fingerprint density at radius 1 is 0.535 bits per heavy atom. The SMILES string of the molecule is BrCc1ccc(CBr)cc1.C.N.O=C1c2ccccc2C(=O)N1Cc1ccc(CBr)cc1.O=[C-]c1ccccc1[C-]=O.[K+]. The van der Waals surface area contributed by atoms with Crippen molar-refractivity contribution in [3.63, 3.8) is 0 Å². The van der Waals surface area contributed by atoms with Crippen LogP contribution in [-0.4, -0.2) is 29.3 Å². The average molecular weight is 798 g/mol. The molecule has 1 aliphatic rings. The fourth-order valence-electron chi connectivity index (χ4n) is 3.68. The first-order valence-corrected chi connectivity index (χ1v) is 15.5. The zero-order chi connectivity index (χ0) is 28.9. The molecule has 220 valence electrons. The van der Waals surface area contributed by atoms with Crippen molar-refractivity contribution >= 4 is 72.2 Å². The molecule has 0 saturated carbocycles. The van der Waals surface area contributed by atoms with E-state index in [0.717, 1.165) is 27.1 Å². The Balaban J connectivity index is 0.000000656. The van der Waals surface area contributed by atoms with E-state index < -0.39 is 0 Å². The molecule has 1 aliphatic heterocycles. The van der Waals surface area contributed by atoms with Gasteiger partial charge in [-0.2, -0.15) is 0 Å². The molecule has 0 saturated heterocycles. The molecule has 1 heterocycles. The van der Waals surface area contributed by atoms with E-state index in [0.29, 0.717) is 17.7 Å². The minimum atomic E-state index is -0.213. The number of carbonyl (C=O) groups excluding carboxylic acids is 4. The van der Waals surface area contributed by atoms with Gasteiger partial charge in [-0.05, 0) is 47.0 Å². The number of hydrogen-bond donors (Lipinski definition) is 1. The van der Waals surface area contributed by atoms with Gasteiger partial charge in [0.15, 0.2) is 0 Å². The zero-order valence-corrected chi connectivity index (χ0v) is 30.9. The monoisotopic (exact) mass is 795 g/mol. The van der Waals surface area contributed by atoms with Crippen LogP contribution in [0.2, 0.25) is 0 Å². The number of imide groups is 1. The second-order valence-corrected chi connectivity index (χ2v) is 10.2. The predicted molar refractivity (Wildman–Crippen MR) is 179 cm³/mol. The standard InChI is InChI=1S/C16H12BrNO2.C8H8Br2.C8H4O2.CH4.K.H3N/c17-9-11-5-7-12(8-6-11)10-18-15(19)13-3-1-2-4-14(13)16(18)20;9-5-7-1-2-8(6-10)4-3-7;9-5-7-3-1-2-4-8(7)6-10;;;/h1-8H,9-10H2;1-4H,5-6H2;1-4H;1H4;;1H3/q;;-2;;+1;. The van der Waals surface area contributed by atoms with Crippen molar-refractivity contribution in [1.29, 1.82) is 0 Å². The average Bonchev–Trinajstić information content (AvgIpc) is 3.26. The number of hydrogen-bond acceptors (Lipinski definition) is 5. The summed E-state index contributed by atoms with van der Waals surface area (Å²) >= 11 is 10.2. The first-order chi connectivity index (χ1) is 19.4. The summed E-state index contributed by atoms with van der Waals surface area (Å²) in [6.07, 6.45) is 3.27. The number of halogens is 3. The molecular weight excluding hydrogens is 767 g/mol. The minimum absolute atomic E-state index is 0. The molecule has 0 atom stereocenters. The van der Waals surface area contributed by atoms with Crippen molar-refractivity contribution in [3.8, 4) is 0 Å². The fraction of sp³-hybridized carbons (Fsp3) is 0.152. The van der Waals surface area contributed by atoms with Crippen LogP contribution in [0.3, 0.4) is 0 Å². The Morgan fingerprint density at radius 3 is 1.14 bits per heavy atom. The van der Waals surface area contributed by atoms with Crippen LogP contribution in [0.1, 0.15) is 61.5 Å². The number of amides is 2. The molecule has 5 rings (SSSR count). The molecule has 0 fully saturated rings. The Labute approximate surface area is 321 Å². The molecule has 0 aliphatic carbocycles. The third-order valence-corrected chi connectivity index (χ3v) is 7.82. The normalized spacial score (nSPS) is 10.7. The summed E-state index contributed by atoms with van der Waals surface area (Å²) in [6, 6.07) is 29.7. The van der Waals surface area contributed by atoms with Crippen LogP contribution >= 0.6 is 47.8 Å². The summed E-state index contributed by atoms with van der Waals surface area (Å²) in [4.78, 5) is 45.9. The van der Waals surface area contributed by atoms with Crippen LogP contribution in [0.4, 0.5) is 0 Å². The molecule has 6 nitrogen and oxygen atoms in total. The smallest absolute Gasteiger partial charge is 0.391 e. The van der Waals surface area contributed by atoms with Crippen molar-refractivity contribution in [2.45, 2.75) is 30.0 Å². The van der Waals surface area contributed by atoms with E-state index in [1.165, 1.54) is 28.2 Å². The van der Waals surface area contributed by atoms with Crippen molar-refractivity contribution in [2.75, 3.05) is 0 Å². The third-order valence-electron chi connectivity index (χ3n) is 5.87. The van der Waals surface area contributed by atoms with E-state index >= 15 is 0 Å². The Bertz CT molecular complexity index is 1380. The molecule has 3 N–H and O–H groups in total. The van der Waals surface area contributed by atoms with Gasteiger partial charge in [-0.1, -0.05) is 116 Å². The Morgan fingerprint density at radius 2 is 0.837 bits per heavy atom. The molecule has 0 radical (unpaired) electrons. The maximum atomic E-state index is 12.2. The molecule has 0 spiro atoms. The predicted octanol–water partition coefficient (Wildman–Crippen LogP) is 5.26. The van der Waals surface area contributed by atoms with E-state index in [9.17, 15) is 19.2 Å². The first-order valence-electron chi connectivity index (χ1n) is 12.1. The molecule has 4 aromatic carbocycles. The number of carbonyl (C=O) groups is 2. The molecule has 43 heavy (non-hydrogen) atoms. The van der Waals surface area contributed by atoms with Gasteiger partial charge >= 0.3 is 51.4 Å². The number of nitrogens with zero attached hydrogens (tertiary/aromatic N) is 1.